The van der Waals surface area contributed by atoms with E-state index in [0.717, 1.165) is 20.6 Å². The van der Waals surface area contributed by atoms with Crippen LogP contribution in [0.4, 0.5) is 9.52 Å². The number of aromatic nitrogens is 1. The number of benzene rings is 2. The fraction of sp³-hybridized carbons (Fsp3) is 0.0588. The van der Waals surface area contributed by atoms with Gasteiger partial charge in [-0.1, -0.05) is 15.9 Å². The number of hydrogen-bond donors (Lipinski definition) is 1. The molecule has 3 rings (SSSR count). The normalized spacial score (nSPS) is 10.6. The summed E-state index contributed by atoms with van der Waals surface area (Å²) in [5.41, 5.74) is 1.54. The van der Waals surface area contributed by atoms with Gasteiger partial charge in [-0.05, 0) is 48.5 Å². The highest BCUT2D eigenvalue weighted by molar-refractivity contribution is 9.10. The Bertz CT molecular complexity index is 835. The van der Waals surface area contributed by atoms with Crippen LogP contribution in [0.15, 0.2) is 63.3 Å². The quantitative estimate of drug-likeness (QED) is 0.556. The summed E-state index contributed by atoms with van der Waals surface area (Å²) >= 11 is 6.19. The van der Waals surface area contributed by atoms with Gasteiger partial charge in [-0.15, -0.1) is 23.1 Å². The molecule has 3 nitrogen and oxygen atoms in total. The molecule has 2 aromatic carbocycles. The Labute approximate surface area is 155 Å². The van der Waals surface area contributed by atoms with Crippen LogP contribution in [-0.2, 0) is 4.79 Å². The molecule has 1 amide bonds. The summed E-state index contributed by atoms with van der Waals surface area (Å²) < 4.78 is 14.0. The topological polar surface area (TPSA) is 42.0 Å². The van der Waals surface area contributed by atoms with E-state index in [2.05, 4.69) is 26.2 Å². The number of carbonyl (C=O) groups is 1. The first kappa shape index (κ1) is 17.1. The lowest BCUT2D eigenvalue weighted by molar-refractivity contribution is -0.113. The van der Waals surface area contributed by atoms with Crippen LogP contribution in [0.3, 0.4) is 0 Å². The average molecular weight is 423 g/mol. The van der Waals surface area contributed by atoms with Gasteiger partial charge in [0.1, 0.15) is 5.82 Å². The first-order valence-electron chi connectivity index (χ1n) is 7.00. The Kier molecular flexibility index (Phi) is 5.65. The minimum atomic E-state index is -0.285. The second kappa shape index (κ2) is 7.92. The van der Waals surface area contributed by atoms with E-state index in [1.807, 2.05) is 29.6 Å². The molecule has 1 N–H and O–H groups in total. The van der Waals surface area contributed by atoms with Gasteiger partial charge in [0.15, 0.2) is 5.13 Å². The van der Waals surface area contributed by atoms with Crippen molar-refractivity contribution in [2.24, 2.45) is 0 Å². The maximum atomic E-state index is 12.9. The van der Waals surface area contributed by atoms with Crippen LogP contribution in [-0.4, -0.2) is 16.6 Å². The van der Waals surface area contributed by atoms with Gasteiger partial charge in [0.25, 0.3) is 0 Å². The second-order valence-corrected chi connectivity index (χ2v) is 7.66. The van der Waals surface area contributed by atoms with Gasteiger partial charge in [0, 0.05) is 20.3 Å². The van der Waals surface area contributed by atoms with Crippen LogP contribution >= 0.6 is 39.0 Å². The highest BCUT2D eigenvalue weighted by atomic mass is 79.9. The number of anilines is 1. The highest BCUT2D eigenvalue weighted by Crippen LogP contribution is 2.26. The molecule has 0 aliphatic rings. The minimum Gasteiger partial charge on any atom is -0.301 e. The van der Waals surface area contributed by atoms with Gasteiger partial charge in [-0.25, -0.2) is 9.37 Å². The zero-order chi connectivity index (χ0) is 16.9. The number of nitrogens with zero attached hydrogens (tertiary/aromatic N) is 1. The van der Waals surface area contributed by atoms with Crippen LogP contribution in [0.2, 0.25) is 0 Å². The van der Waals surface area contributed by atoms with E-state index in [-0.39, 0.29) is 11.7 Å². The summed E-state index contributed by atoms with van der Waals surface area (Å²) in [7, 11) is 0. The predicted octanol–water partition coefficient (Wildman–Crippen LogP) is 5.44. The number of hydrogen-bond acceptors (Lipinski definition) is 4. The standard InChI is InChI=1S/C17H12BrFN2OS2/c18-12-3-7-14(8-4-12)23-10-16(22)21-17-20-15(9-24-17)11-1-5-13(19)6-2-11/h1-9H,10H2,(H,20,21,22). The van der Waals surface area contributed by atoms with Crippen LogP contribution in [0.5, 0.6) is 0 Å². The fourth-order valence-electron chi connectivity index (χ4n) is 1.92. The van der Waals surface area contributed by atoms with E-state index in [4.69, 9.17) is 0 Å². The van der Waals surface area contributed by atoms with Crippen molar-refractivity contribution in [3.63, 3.8) is 0 Å². The lowest BCUT2D eigenvalue weighted by Gasteiger charge is -2.02. The summed E-state index contributed by atoms with van der Waals surface area (Å²) in [4.78, 5) is 17.4. The van der Waals surface area contributed by atoms with E-state index in [0.29, 0.717) is 10.9 Å². The van der Waals surface area contributed by atoms with E-state index in [1.165, 1.54) is 35.2 Å². The van der Waals surface area contributed by atoms with Gasteiger partial charge in [0.2, 0.25) is 5.91 Å². The largest absolute Gasteiger partial charge is 0.301 e. The molecule has 0 spiro atoms. The third-order valence-corrected chi connectivity index (χ3v) is 5.37. The van der Waals surface area contributed by atoms with Gasteiger partial charge in [-0.3, -0.25) is 4.79 Å². The van der Waals surface area contributed by atoms with Gasteiger partial charge >= 0.3 is 0 Å². The Morgan fingerprint density at radius 2 is 1.88 bits per heavy atom. The molecule has 1 aromatic heterocycles. The summed E-state index contributed by atoms with van der Waals surface area (Å²) in [6.45, 7) is 0. The number of thiazole rings is 1. The number of rotatable bonds is 5. The van der Waals surface area contributed by atoms with E-state index < -0.39 is 0 Å². The molecule has 0 aliphatic heterocycles. The lowest BCUT2D eigenvalue weighted by atomic mass is 10.2. The highest BCUT2D eigenvalue weighted by Gasteiger charge is 2.09. The van der Waals surface area contributed by atoms with E-state index in [1.54, 1.807) is 12.1 Å². The first-order chi connectivity index (χ1) is 11.6. The molecule has 0 saturated carbocycles. The van der Waals surface area contributed by atoms with Crippen molar-refractivity contribution in [1.29, 1.82) is 0 Å². The fourth-order valence-corrected chi connectivity index (χ4v) is 3.62. The Hall–Kier alpha value is -1.70. The summed E-state index contributed by atoms with van der Waals surface area (Å²) in [6, 6.07) is 13.9. The van der Waals surface area contributed by atoms with Gasteiger partial charge in [-0.2, -0.15) is 0 Å². The monoisotopic (exact) mass is 422 g/mol. The van der Waals surface area contributed by atoms with Gasteiger partial charge < -0.3 is 5.32 Å². The van der Waals surface area contributed by atoms with Crippen molar-refractivity contribution in [2.45, 2.75) is 4.90 Å². The van der Waals surface area contributed by atoms with E-state index >= 15 is 0 Å². The van der Waals surface area contributed by atoms with Crippen LogP contribution in [0.1, 0.15) is 0 Å². The molecule has 3 aromatic rings. The summed E-state index contributed by atoms with van der Waals surface area (Å²) in [6.07, 6.45) is 0. The Morgan fingerprint density at radius 3 is 2.58 bits per heavy atom. The maximum Gasteiger partial charge on any atom is 0.236 e. The molecule has 0 radical (unpaired) electrons. The molecule has 1 heterocycles. The molecule has 0 fully saturated rings. The van der Waals surface area contributed by atoms with Crippen molar-refractivity contribution >= 4 is 50.1 Å². The third kappa shape index (κ3) is 4.66. The number of nitrogens with one attached hydrogen (secondary N) is 1. The van der Waals surface area contributed by atoms with Crippen LogP contribution < -0.4 is 5.32 Å². The lowest BCUT2D eigenvalue weighted by Crippen LogP contribution is -2.13. The van der Waals surface area contributed by atoms with Gasteiger partial charge in [0.05, 0.1) is 11.4 Å². The van der Waals surface area contributed by atoms with Crippen LogP contribution in [0.25, 0.3) is 11.3 Å². The van der Waals surface area contributed by atoms with Crippen molar-refractivity contribution < 1.29 is 9.18 Å². The maximum absolute atomic E-state index is 12.9. The molecule has 24 heavy (non-hydrogen) atoms. The smallest absolute Gasteiger partial charge is 0.236 e. The number of carbonyl (C=O) groups excluding carboxylic acids is 1. The number of thioether (sulfide) groups is 1. The van der Waals surface area contributed by atoms with Crippen molar-refractivity contribution in [2.75, 3.05) is 11.1 Å². The Balaban J connectivity index is 1.57. The van der Waals surface area contributed by atoms with Crippen molar-refractivity contribution in [1.82, 2.24) is 4.98 Å². The zero-order valence-corrected chi connectivity index (χ0v) is 15.6. The zero-order valence-electron chi connectivity index (χ0n) is 12.3. The summed E-state index contributed by atoms with van der Waals surface area (Å²) in [5.74, 6) is -0.0806. The van der Waals surface area contributed by atoms with Crippen molar-refractivity contribution in [3.05, 3.63) is 64.2 Å². The van der Waals surface area contributed by atoms with E-state index in [9.17, 15) is 9.18 Å². The van der Waals surface area contributed by atoms with Crippen molar-refractivity contribution in [3.8, 4) is 11.3 Å². The molecular formula is C17H12BrFN2OS2. The second-order valence-electron chi connectivity index (χ2n) is 4.84. The molecular weight excluding hydrogens is 411 g/mol. The molecule has 0 bridgehead atoms. The molecule has 0 saturated heterocycles. The SMILES string of the molecule is O=C(CSc1ccc(Br)cc1)Nc1nc(-c2ccc(F)cc2)cs1. The Morgan fingerprint density at radius 1 is 1.17 bits per heavy atom. The average Bonchev–Trinajstić information content (AvgIpc) is 3.03. The predicted molar refractivity (Wildman–Crippen MR) is 101 cm³/mol. The molecule has 0 aliphatic carbocycles. The molecule has 0 unspecified atom stereocenters. The third-order valence-electron chi connectivity index (χ3n) is 3.07. The number of halogens is 2. The van der Waals surface area contributed by atoms with Crippen LogP contribution in [0, 0.1) is 5.82 Å². The molecule has 0 atom stereocenters. The molecule has 122 valence electrons. The number of amides is 1. The first-order valence-corrected chi connectivity index (χ1v) is 9.66. The molecule has 7 heteroatoms. The summed E-state index contributed by atoms with van der Waals surface area (Å²) in [5, 5.41) is 5.17. The minimum absolute atomic E-state index is 0.108.